The molecule has 1 amide bonds. The largest absolute Gasteiger partial charge is 0.343 e. The van der Waals surface area contributed by atoms with Crippen LogP contribution in [0.4, 0.5) is 0 Å². The van der Waals surface area contributed by atoms with E-state index >= 15 is 0 Å². The van der Waals surface area contributed by atoms with Gasteiger partial charge in [-0.05, 0) is 35.7 Å². The maximum absolute atomic E-state index is 12.1. The lowest BCUT2D eigenvalue weighted by Crippen LogP contribution is -2.25. The van der Waals surface area contributed by atoms with Crippen molar-refractivity contribution in [3.05, 3.63) is 64.9 Å². The van der Waals surface area contributed by atoms with E-state index in [4.69, 9.17) is 0 Å². The van der Waals surface area contributed by atoms with Gasteiger partial charge in [0.15, 0.2) is 11.5 Å². The summed E-state index contributed by atoms with van der Waals surface area (Å²) in [5.41, 5.74) is 2.87. The van der Waals surface area contributed by atoms with Gasteiger partial charge in [0.25, 0.3) is 5.91 Å². The fraction of sp³-hybridized carbons (Fsp3) is 0.0625. The first kappa shape index (κ1) is 14.5. The number of rotatable bonds is 4. The molecule has 4 aromatic heterocycles. The summed E-state index contributed by atoms with van der Waals surface area (Å²) < 4.78 is 1.64. The van der Waals surface area contributed by atoms with Gasteiger partial charge in [0.2, 0.25) is 0 Å². The summed E-state index contributed by atoms with van der Waals surface area (Å²) in [6, 6.07) is 11.0. The maximum Gasteiger partial charge on any atom is 0.270 e. The fourth-order valence-electron chi connectivity index (χ4n) is 2.25. The van der Waals surface area contributed by atoms with Gasteiger partial charge in [-0.25, -0.2) is 0 Å². The number of hydrogen-bond donors (Lipinski definition) is 1. The molecule has 0 spiro atoms. The molecule has 0 aliphatic rings. The van der Waals surface area contributed by atoms with Crippen molar-refractivity contribution in [3.8, 4) is 11.3 Å². The van der Waals surface area contributed by atoms with E-state index in [9.17, 15) is 4.79 Å². The quantitative estimate of drug-likeness (QED) is 0.617. The number of carbonyl (C=O) groups is 1. The molecule has 0 saturated heterocycles. The van der Waals surface area contributed by atoms with Gasteiger partial charge in [-0.15, -0.1) is 10.2 Å². The number of carbonyl (C=O) groups excluding carboxylic acids is 1. The number of fused-ring (bicyclic) bond motifs is 1. The van der Waals surface area contributed by atoms with Gasteiger partial charge in [0.05, 0.1) is 12.2 Å². The number of nitrogens with zero attached hydrogens (tertiary/aromatic N) is 5. The third-order valence-corrected chi connectivity index (χ3v) is 4.13. The van der Waals surface area contributed by atoms with E-state index in [-0.39, 0.29) is 12.5 Å². The van der Waals surface area contributed by atoms with E-state index < -0.39 is 0 Å². The predicted molar refractivity (Wildman–Crippen MR) is 89.5 cm³/mol. The minimum Gasteiger partial charge on any atom is -0.343 e. The van der Waals surface area contributed by atoms with Crippen LogP contribution in [-0.2, 0) is 6.54 Å². The summed E-state index contributed by atoms with van der Waals surface area (Å²) in [7, 11) is 0. The van der Waals surface area contributed by atoms with Crippen LogP contribution in [0.25, 0.3) is 16.9 Å². The molecule has 0 saturated carbocycles. The third kappa shape index (κ3) is 2.74. The molecule has 0 aromatic carbocycles. The average Bonchev–Trinajstić information content (AvgIpc) is 3.30. The molecular weight excluding hydrogens is 324 g/mol. The molecule has 0 unspecified atom stereocenters. The van der Waals surface area contributed by atoms with E-state index in [1.165, 1.54) is 0 Å². The Morgan fingerprint density at radius 1 is 1.17 bits per heavy atom. The summed E-state index contributed by atoms with van der Waals surface area (Å²) in [6.45, 7) is 0.219. The summed E-state index contributed by atoms with van der Waals surface area (Å²) in [5, 5.41) is 19.6. The van der Waals surface area contributed by atoms with Gasteiger partial charge in [0, 0.05) is 17.1 Å². The Hall–Kier alpha value is -3.13. The van der Waals surface area contributed by atoms with Crippen molar-refractivity contribution in [2.75, 3.05) is 0 Å². The number of nitrogens with one attached hydrogen (secondary N) is 1. The number of aromatic nitrogens is 5. The van der Waals surface area contributed by atoms with Gasteiger partial charge in [-0.2, -0.15) is 21.0 Å². The summed E-state index contributed by atoms with van der Waals surface area (Å²) in [4.78, 5) is 16.1. The van der Waals surface area contributed by atoms with E-state index in [2.05, 4.69) is 25.6 Å². The second kappa shape index (κ2) is 6.17. The molecule has 4 heterocycles. The highest BCUT2D eigenvalue weighted by atomic mass is 32.1. The maximum atomic E-state index is 12.1. The topological polar surface area (TPSA) is 85.1 Å². The Labute approximate surface area is 141 Å². The van der Waals surface area contributed by atoms with Crippen LogP contribution in [0.15, 0.2) is 53.4 Å². The summed E-state index contributed by atoms with van der Waals surface area (Å²) >= 11 is 1.61. The lowest BCUT2D eigenvalue weighted by Gasteiger charge is -2.04. The van der Waals surface area contributed by atoms with Gasteiger partial charge in [0.1, 0.15) is 5.69 Å². The van der Waals surface area contributed by atoms with Crippen LogP contribution in [-0.4, -0.2) is 30.7 Å². The lowest BCUT2D eigenvalue weighted by molar-refractivity contribution is 0.0944. The van der Waals surface area contributed by atoms with Crippen LogP contribution in [0.1, 0.15) is 16.3 Å². The number of amides is 1. The minimum absolute atomic E-state index is 0.219. The van der Waals surface area contributed by atoms with E-state index in [1.54, 1.807) is 40.2 Å². The van der Waals surface area contributed by atoms with E-state index in [0.29, 0.717) is 17.2 Å². The van der Waals surface area contributed by atoms with Crippen LogP contribution < -0.4 is 5.32 Å². The molecule has 8 heteroatoms. The highest BCUT2D eigenvalue weighted by Crippen LogP contribution is 2.20. The van der Waals surface area contributed by atoms with Crippen LogP contribution in [0, 0.1) is 0 Å². The van der Waals surface area contributed by atoms with Gasteiger partial charge in [-0.3, -0.25) is 9.78 Å². The first-order chi connectivity index (χ1) is 11.8. The van der Waals surface area contributed by atoms with Gasteiger partial charge < -0.3 is 5.32 Å². The van der Waals surface area contributed by atoms with Crippen molar-refractivity contribution in [3.63, 3.8) is 0 Å². The Balaban J connectivity index is 1.58. The molecule has 24 heavy (non-hydrogen) atoms. The van der Waals surface area contributed by atoms with Crippen LogP contribution in [0.2, 0.25) is 0 Å². The number of thiophene rings is 1. The Morgan fingerprint density at radius 2 is 2.12 bits per heavy atom. The zero-order valence-electron chi connectivity index (χ0n) is 12.5. The van der Waals surface area contributed by atoms with E-state index in [1.807, 2.05) is 29.0 Å². The first-order valence-electron chi connectivity index (χ1n) is 7.24. The molecule has 0 atom stereocenters. The molecule has 7 nitrogen and oxygen atoms in total. The van der Waals surface area contributed by atoms with Gasteiger partial charge in [-0.1, -0.05) is 6.07 Å². The molecule has 4 rings (SSSR count). The zero-order chi connectivity index (χ0) is 16.4. The SMILES string of the molecule is O=C(NCc1nnc2ccc(-c3ccsc3)nn12)c1ccccn1. The molecule has 1 N–H and O–H groups in total. The molecule has 0 fully saturated rings. The molecule has 0 radical (unpaired) electrons. The van der Waals surface area contributed by atoms with Crippen LogP contribution >= 0.6 is 11.3 Å². The Morgan fingerprint density at radius 3 is 2.92 bits per heavy atom. The molecule has 118 valence electrons. The summed E-state index contributed by atoms with van der Waals surface area (Å²) in [6.07, 6.45) is 1.58. The zero-order valence-corrected chi connectivity index (χ0v) is 13.3. The Bertz CT molecular complexity index is 980. The van der Waals surface area contributed by atoms with Gasteiger partial charge >= 0.3 is 0 Å². The van der Waals surface area contributed by atoms with Crippen molar-refractivity contribution in [2.24, 2.45) is 0 Å². The average molecular weight is 336 g/mol. The predicted octanol–water partition coefficient (Wildman–Crippen LogP) is 2.18. The standard InChI is InChI=1S/C16H12N6OS/c23-16(13-3-1-2-7-17-13)18-9-15-20-19-14-5-4-12(21-22(14)15)11-6-8-24-10-11/h1-8,10H,9H2,(H,18,23). The van der Waals surface area contributed by atoms with Crippen molar-refractivity contribution in [2.45, 2.75) is 6.54 Å². The summed E-state index contributed by atoms with van der Waals surface area (Å²) in [5.74, 6) is 0.299. The molecule has 0 aliphatic heterocycles. The molecule has 4 aromatic rings. The number of hydrogen-bond acceptors (Lipinski definition) is 6. The highest BCUT2D eigenvalue weighted by Gasteiger charge is 2.11. The highest BCUT2D eigenvalue weighted by molar-refractivity contribution is 7.08. The van der Waals surface area contributed by atoms with Crippen LogP contribution in [0.5, 0.6) is 0 Å². The molecular formula is C16H12N6OS. The molecule has 0 bridgehead atoms. The lowest BCUT2D eigenvalue weighted by atomic mass is 10.2. The second-order valence-electron chi connectivity index (χ2n) is 5.01. The second-order valence-corrected chi connectivity index (χ2v) is 5.79. The normalized spacial score (nSPS) is 10.8. The van der Waals surface area contributed by atoms with Crippen molar-refractivity contribution >= 4 is 22.9 Å². The van der Waals surface area contributed by atoms with Crippen molar-refractivity contribution < 1.29 is 4.79 Å². The number of pyridine rings is 1. The van der Waals surface area contributed by atoms with Crippen LogP contribution in [0.3, 0.4) is 0 Å². The van der Waals surface area contributed by atoms with Crippen molar-refractivity contribution in [1.82, 2.24) is 30.1 Å². The van der Waals surface area contributed by atoms with Crippen molar-refractivity contribution in [1.29, 1.82) is 0 Å². The minimum atomic E-state index is -0.263. The first-order valence-corrected chi connectivity index (χ1v) is 8.19. The third-order valence-electron chi connectivity index (χ3n) is 3.45. The fourth-order valence-corrected chi connectivity index (χ4v) is 2.90. The molecule has 0 aliphatic carbocycles. The Kier molecular flexibility index (Phi) is 3.72. The van der Waals surface area contributed by atoms with E-state index in [0.717, 1.165) is 11.3 Å². The smallest absolute Gasteiger partial charge is 0.270 e. The monoisotopic (exact) mass is 336 g/mol.